The van der Waals surface area contributed by atoms with Gasteiger partial charge in [-0.1, -0.05) is 18.6 Å². The highest BCUT2D eigenvalue weighted by molar-refractivity contribution is 5.40. The van der Waals surface area contributed by atoms with Crippen molar-refractivity contribution in [3.8, 4) is 5.75 Å². The standard InChI is InChI=1S/C15H20FNO2/c1-10-5-2-3-8-17(10)14-11-6-4-7-12(16)15(11)19-9-13(14)18/h4,6-7,10,13-14,18H,2-3,5,8-9H2,1H3. The van der Waals surface area contributed by atoms with E-state index in [0.717, 1.165) is 24.9 Å². The topological polar surface area (TPSA) is 32.7 Å². The molecule has 0 bridgehead atoms. The number of aliphatic hydroxyl groups is 1. The number of hydrogen-bond acceptors (Lipinski definition) is 3. The van der Waals surface area contributed by atoms with E-state index in [0.29, 0.717) is 11.8 Å². The second kappa shape index (κ2) is 5.10. The second-order valence-corrected chi connectivity index (χ2v) is 5.56. The summed E-state index contributed by atoms with van der Waals surface area (Å²) in [5, 5.41) is 10.3. The fourth-order valence-corrected chi connectivity index (χ4v) is 3.31. The number of para-hydroxylation sites is 1. The first-order valence-corrected chi connectivity index (χ1v) is 7.03. The Morgan fingerprint density at radius 3 is 3.00 bits per heavy atom. The highest BCUT2D eigenvalue weighted by Crippen LogP contribution is 2.40. The average molecular weight is 265 g/mol. The summed E-state index contributed by atoms with van der Waals surface area (Å²) in [6.07, 6.45) is 2.91. The van der Waals surface area contributed by atoms with Crippen LogP contribution in [-0.2, 0) is 0 Å². The van der Waals surface area contributed by atoms with Crippen LogP contribution in [0.1, 0.15) is 37.8 Å². The molecule has 0 aliphatic carbocycles. The van der Waals surface area contributed by atoms with Crippen molar-refractivity contribution < 1.29 is 14.2 Å². The molecule has 1 aromatic rings. The van der Waals surface area contributed by atoms with Crippen LogP contribution in [0.5, 0.6) is 5.75 Å². The number of piperidine rings is 1. The second-order valence-electron chi connectivity index (χ2n) is 5.56. The molecule has 4 heteroatoms. The molecule has 3 unspecified atom stereocenters. The largest absolute Gasteiger partial charge is 0.487 e. The van der Waals surface area contributed by atoms with Crippen LogP contribution in [0.15, 0.2) is 18.2 Å². The SMILES string of the molecule is CC1CCCCN1C1c2cccc(F)c2OCC1O. The molecule has 2 heterocycles. The summed E-state index contributed by atoms with van der Waals surface area (Å²) < 4.78 is 19.2. The van der Waals surface area contributed by atoms with Crippen molar-refractivity contribution in [1.82, 2.24) is 4.90 Å². The third-order valence-corrected chi connectivity index (χ3v) is 4.29. The van der Waals surface area contributed by atoms with Gasteiger partial charge in [-0.2, -0.15) is 0 Å². The lowest BCUT2D eigenvalue weighted by Crippen LogP contribution is -2.48. The molecule has 2 aliphatic heterocycles. The molecule has 3 rings (SSSR count). The summed E-state index contributed by atoms with van der Waals surface area (Å²) in [4.78, 5) is 2.30. The molecule has 0 amide bonds. The van der Waals surface area contributed by atoms with Crippen molar-refractivity contribution in [2.45, 2.75) is 44.4 Å². The van der Waals surface area contributed by atoms with Crippen molar-refractivity contribution in [1.29, 1.82) is 0 Å². The zero-order valence-electron chi connectivity index (χ0n) is 11.2. The zero-order valence-corrected chi connectivity index (χ0v) is 11.2. The van der Waals surface area contributed by atoms with Crippen molar-refractivity contribution in [2.75, 3.05) is 13.2 Å². The van der Waals surface area contributed by atoms with Crippen LogP contribution in [0.25, 0.3) is 0 Å². The van der Waals surface area contributed by atoms with Gasteiger partial charge < -0.3 is 9.84 Å². The molecular weight excluding hydrogens is 245 g/mol. The predicted molar refractivity (Wildman–Crippen MR) is 70.7 cm³/mol. The number of hydrogen-bond donors (Lipinski definition) is 1. The molecule has 0 aromatic heterocycles. The lowest BCUT2D eigenvalue weighted by Gasteiger charge is -2.44. The number of rotatable bonds is 1. The number of benzene rings is 1. The molecule has 0 saturated carbocycles. The van der Waals surface area contributed by atoms with Gasteiger partial charge in [0.25, 0.3) is 0 Å². The van der Waals surface area contributed by atoms with Gasteiger partial charge in [0.1, 0.15) is 12.7 Å². The third-order valence-electron chi connectivity index (χ3n) is 4.29. The van der Waals surface area contributed by atoms with Gasteiger partial charge in [0.2, 0.25) is 0 Å². The van der Waals surface area contributed by atoms with Crippen molar-refractivity contribution in [2.24, 2.45) is 0 Å². The van der Waals surface area contributed by atoms with Crippen LogP contribution in [0.3, 0.4) is 0 Å². The van der Waals surface area contributed by atoms with Gasteiger partial charge in [0.05, 0.1) is 6.04 Å². The highest BCUT2D eigenvalue weighted by atomic mass is 19.1. The summed E-state index contributed by atoms with van der Waals surface area (Å²) >= 11 is 0. The lowest BCUT2D eigenvalue weighted by molar-refractivity contribution is -0.0259. The van der Waals surface area contributed by atoms with E-state index in [9.17, 15) is 9.50 Å². The Hall–Kier alpha value is -1.13. The Morgan fingerprint density at radius 2 is 2.21 bits per heavy atom. The van der Waals surface area contributed by atoms with Gasteiger partial charge in [0.15, 0.2) is 11.6 Å². The van der Waals surface area contributed by atoms with Gasteiger partial charge >= 0.3 is 0 Å². The minimum absolute atomic E-state index is 0.144. The van der Waals surface area contributed by atoms with E-state index in [4.69, 9.17) is 4.74 Å². The van der Waals surface area contributed by atoms with Crippen LogP contribution in [-0.4, -0.2) is 35.3 Å². The molecule has 1 N–H and O–H groups in total. The fraction of sp³-hybridized carbons (Fsp3) is 0.600. The Labute approximate surface area is 113 Å². The zero-order chi connectivity index (χ0) is 13.4. The molecule has 2 aliphatic rings. The number of ether oxygens (including phenoxy) is 1. The minimum atomic E-state index is -0.588. The molecular formula is C15H20FNO2. The maximum Gasteiger partial charge on any atom is 0.165 e. The summed E-state index contributed by atoms with van der Waals surface area (Å²) in [5.74, 6) is -0.0189. The van der Waals surface area contributed by atoms with Crippen LogP contribution in [0.4, 0.5) is 4.39 Å². The number of halogens is 1. The lowest BCUT2D eigenvalue weighted by atomic mass is 9.92. The quantitative estimate of drug-likeness (QED) is 0.847. The minimum Gasteiger partial charge on any atom is -0.487 e. The van der Waals surface area contributed by atoms with Gasteiger partial charge in [-0.05, 0) is 32.4 Å². The van der Waals surface area contributed by atoms with Gasteiger partial charge in [-0.3, -0.25) is 4.90 Å². The van der Waals surface area contributed by atoms with E-state index in [2.05, 4.69) is 11.8 Å². The number of fused-ring (bicyclic) bond motifs is 1. The molecule has 3 atom stereocenters. The van der Waals surface area contributed by atoms with Crippen LogP contribution < -0.4 is 4.74 Å². The Bertz CT molecular complexity index is 465. The summed E-state index contributed by atoms with van der Waals surface area (Å²) in [6, 6.07) is 5.24. The summed E-state index contributed by atoms with van der Waals surface area (Å²) in [7, 11) is 0. The molecule has 19 heavy (non-hydrogen) atoms. The van der Waals surface area contributed by atoms with E-state index in [1.807, 2.05) is 6.07 Å². The van der Waals surface area contributed by atoms with Crippen LogP contribution >= 0.6 is 0 Å². The maximum atomic E-state index is 13.8. The van der Waals surface area contributed by atoms with Crippen LogP contribution in [0.2, 0.25) is 0 Å². The first kappa shape index (κ1) is 12.9. The number of nitrogens with zero attached hydrogens (tertiary/aromatic N) is 1. The normalized spacial score (nSPS) is 31.6. The van der Waals surface area contributed by atoms with E-state index in [1.54, 1.807) is 6.07 Å². The molecule has 3 nitrogen and oxygen atoms in total. The van der Waals surface area contributed by atoms with Gasteiger partial charge in [0, 0.05) is 11.6 Å². The van der Waals surface area contributed by atoms with Crippen molar-refractivity contribution in [3.63, 3.8) is 0 Å². The molecule has 1 aromatic carbocycles. The Kier molecular flexibility index (Phi) is 3.46. The fourth-order valence-electron chi connectivity index (χ4n) is 3.31. The highest BCUT2D eigenvalue weighted by Gasteiger charge is 2.38. The molecule has 0 radical (unpaired) electrons. The Morgan fingerprint density at radius 1 is 1.37 bits per heavy atom. The van der Waals surface area contributed by atoms with Crippen molar-refractivity contribution in [3.05, 3.63) is 29.6 Å². The van der Waals surface area contributed by atoms with Crippen molar-refractivity contribution >= 4 is 0 Å². The monoisotopic (exact) mass is 265 g/mol. The summed E-state index contributed by atoms with van der Waals surface area (Å²) in [6.45, 7) is 3.31. The van der Waals surface area contributed by atoms with E-state index >= 15 is 0 Å². The smallest absolute Gasteiger partial charge is 0.165 e. The Balaban J connectivity index is 1.98. The molecule has 1 saturated heterocycles. The first-order valence-electron chi connectivity index (χ1n) is 7.03. The van der Waals surface area contributed by atoms with E-state index in [1.165, 1.54) is 12.5 Å². The number of likely N-dealkylation sites (tertiary alicyclic amines) is 1. The summed E-state index contributed by atoms with van der Waals surface area (Å²) in [5.41, 5.74) is 0.785. The van der Waals surface area contributed by atoms with Gasteiger partial charge in [-0.25, -0.2) is 4.39 Å². The van der Waals surface area contributed by atoms with E-state index < -0.39 is 6.10 Å². The maximum absolute atomic E-state index is 13.8. The molecule has 104 valence electrons. The average Bonchev–Trinajstić information content (AvgIpc) is 2.40. The molecule has 1 fully saturated rings. The third kappa shape index (κ3) is 2.23. The first-order chi connectivity index (χ1) is 9.18. The number of aliphatic hydroxyl groups excluding tert-OH is 1. The predicted octanol–water partition coefficient (Wildman–Crippen LogP) is 2.49. The van der Waals surface area contributed by atoms with Crippen LogP contribution in [0, 0.1) is 5.82 Å². The van der Waals surface area contributed by atoms with Gasteiger partial charge in [-0.15, -0.1) is 0 Å². The van der Waals surface area contributed by atoms with E-state index in [-0.39, 0.29) is 18.5 Å². The molecule has 0 spiro atoms.